The van der Waals surface area contributed by atoms with Gasteiger partial charge in [-0.2, -0.15) is 0 Å². The lowest BCUT2D eigenvalue weighted by Gasteiger charge is -2.19. The van der Waals surface area contributed by atoms with Crippen molar-refractivity contribution >= 4 is 23.5 Å². The molecule has 0 aliphatic carbocycles. The molecule has 7 nitrogen and oxygen atoms in total. The maximum absolute atomic E-state index is 14.6. The van der Waals surface area contributed by atoms with Gasteiger partial charge in [0.15, 0.2) is 0 Å². The van der Waals surface area contributed by atoms with Crippen LogP contribution in [0.4, 0.5) is 14.8 Å². The van der Waals surface area contributed by atoms with E-state index in [-0.39, 0.29) is 35.7 Å². The fraction of sp³-hybridized carbons (Fsp3) is 0.250. The molecule has 3 aromatic rings. The van der Waals surface area contributed by atoms with Crippen molar-refractivity contribution in [3.05, 3.63) is 58.6 Å². The number of likely N-dealkylation sites (tertiary alicyclic amines) is 1. The Bertz CT molecular complexity index is 1070. The minimum atomic E-state index is -0.981. The third-order valence-electron chi connectivity index (χ3n) is 4.97. The van der Waals surface area contributed by atoms with Gasteiger partial charge in [-0.1, -0.05) is 16.7 Å². The summed E-state index contributed by atoms with van der Waals surface area (Å²) < 4.78 is 39.7. The van der Waals surface area contributed by atoms with Crippen LogP contribution in [0.3, 0.4) is 0 Å². The van der Waals surface area contributed by atoms with Gasteiger partial charge in [-0.15, -0.1) is 5.10 Å². The van der Waals surface area contributed by atoms with Gasteiger partial charge in [0.2, 0.25) is 11.8 Å². The Morgan fingerprint density at radius 2 is 1.87 bits per heavy atom. The van der Waals surface area contributed by atoms with E-state index in [2.05, 4.69) is 15.5 Å². The normalized spacial score (nSPS) is 18.7. The number of hydrogen-bond donors (Lipinski definition) is 1. The van der Waals surface area contributed by atoms with Gasteiger partial charge in [-0.05, 0) is 24.3 Å². The van der Waals surface area contributed by atoms with Crippen LogP contribution in [-0.2, 0) is 4.79 Å². The maximum Gasteiger partial charge on any atom is 0.316 e. The van der Waals surface area contributed by atoms with Crippen molar-refractivity contribution in [3.63, 3.8) is 0 Å². The van der Waals surface area contributed by atoms with E-state index < -0.39 is 23.6 Å². The highest BCUT2D eigenvalue weighted by Crippen LogP contribution is 2.35. The molecule has 10 heteroatoms. The first kappa shape index (κ1) is 20.1. The summed E-state index contributed by atoms with van der Waals surface area (Å²) in [7, 11) is 2.88. The number of carbonyl (C=O) groups is 1. The van der Waals surface area contributed by atoms with E-state index in [9.17, 15) is 13.6 Å². The number of nitrogens with zero attached hydrogens (tertiary/aromatic N) is 3. The van der Waals surface area contributed by atoms with Gasteiger partial charge in [-0.25, -0.2) is 8.78 Å². The molecular formula is C20H17ClF2N4O3. The average Bonchev–Trinajstić information content (AvgIpc) is 3.29. The molecule has 1 aliphatic heterocycles. The number of nitrogens with one attached hydrogen (secondary N) is 1. The molecule has 156 valence electrons. The number of carbonyl (C=O) groups excluding carboxylic acids is 1. The quantitative estimate of drug-likeness (QED) is 0.659. The summed E-state index contributed by atoms with van der Waals surface area (Å²) in [6.45, 7) is 0.120. The Balaban J connectivity index is 1.63. The van der Waals surface area contributed by atoms with Crippen LogP contribution in [0.5, 0.6) is 5.75 Å². The number of benzene rings is 2. The minimum Gasteiger partial charge on any atom is -0.497 e. The van der Waals surface area contributed by atoms with Crippen LogP contribution in [0.1, 0.15) is 11.5 Å². The van der Waals surface area contributed by atoms with Gasteiger partial charge < -0.3 is 19.4 Å². The van der Waals surface area contributed by atoms with E-state index in [4.69, 9.17) is 20.8 Å². The second-order valence-electron chi connectivity index (χ2n) is 6.87. The number of methoxy groups -OCH3 is 1. The highest BCUT2D eigenvalue weighted by Gasteiger charge is 2.43. The summed E-state index contributed by atoms with van der Waals surface area (Å²) in [4.78, 5) is 14.0. The largest absolute Gasteiger partial charge is 0.497 e. The second-order valence-corrected chi connectivity index (χ2v) is 7.31. The summed E-state index contributed by atoms with van der Waals surface area (Å²) in [6.07, 6.45) is 0. The van der Waals surface area contributed by atoms with E-state index in [1.54, 1.807) is 31.3 Å². The molecule has 1 aromatic heterocycles. The van der Waals surface area contributed by atoms with Gasteiger partial charge in [0.1, 0.15) is 23.4 Å². The molecule has 1 saturated heterocycles. The Morgan fingerprint density at radius 3 is 2.50 bits per heavy atom. The fourth-order valence-electron chi connectivity index (χ4n) is 3.48. The lowest BCUT2D eigenvalue weighted by molar-refractivity contribution is -0.127. The third-order valence-corrected chi connectivity index (χ3v) is 5.22. The zero-order valence-corrected chi connectivity index (χ0v) is 16.8. The second kappa shape index (κ2) is 7.91. The number of hydrogen-bond acceptors (Lipinski definition) is 6. The van der Waals surface area contributed by atoms with Crippen molar-refractivity contribution in [1.29, 1.82) is 0 Å². The van der Waals surface area contributed by atoms with Crippen molar-refractivity contribution < 1.29 is 22.7 Å². The summed E-state index contributed by atoms with van der Waals surface area (Å²) in [5, 5.41) is 11.2. The lowest BCUT2D eigenvalue weighted by Crippen LogP contribution is -2.33. The van der Waals surface area contributed by atoms with Crippen molar-refractivity contribution in [2.75, 3.05) is 26.0 Å². The van der Waals surface area contributed by atoms with Gasteiger partial charge in [0, 0.05) is 47.8 Å². The molecule has 2 atom stereocenters. The number of halogens is 3. The highest BCUT2D eigenvalue weighted by molar-refractivity contribution is 6.30. The predicted octanol–water partition coefficient (Wildman–Crippen LogP) is 3.71. The number of anilines is 1. The lowest BCUT2D eigenvalue weighted by atomic mass is 9.93. The maximum atomic E-state index is 14.6. The monoisotopic (exact) mass is 434 g/mol. The van der Waals surface area contributed by atoms with E-state index in [0.717, 1.165) is 12.1 Å². The number of amides is 1. The first-order valence-corrected chi connectivity index (χ1v) is 9.39. The number of likely N-dealkylation sites (N-methyl/N-ethyl adjacent to an activating group) is 1. The molecule has 30 heavy (non-hydrogen) atoms. The number of rotatable bonds is 5. The van der Waals surface area contributed by atoms with E-state index >= 15 is 0 Å². The Labute approximate surface area is 175 Å². The molecule has 1 N–H and O–H groups in total. The third kappa shape index (κ3) is 3.68. The molecule has 0 saturated carbocycles. The Morgan fingerprint density at radius 1 is 1.20 bits per heavy atom. The van der Waals surface area contributed by atoms with Crippen LogP contribution in [0, 0.1) is 11.6 Å². The van der Waals surface area contributed by atoms with Gasteiger partial charge in [-0.3, -0.25) is 4.79 Å². The SMILES string of the molecule is COc1cc(F)c(C2CN(C)C(=O)C2Nc2nnc(-c3ccc(Cl)cc3)o2)c(F)c1. The Kier molecular flexibility index (Phi) is 5.29. The molecule has 2 unspecified atom stereocenters. The molecule has 1 aliphatic rings. The number of ether oxygens (including phenoxy) is 1. The zero-order chi connectivity index (χ0) is 21.4. The molecule has 0 radical (unpaired) electrons. The van der Waals surface area contributed by atoms with Crippen LogP contribution in [-0.4, -0.2) is 47.7 Å². The molecule has 1 amide bonds. The van der Waals surface area contributed by atoms with Crippen molar-refractivity contribution in [1.82, 2.24) is 15.1 Å². The number of aromatic nitrogens is 2. The molecule has 4 rings (SSSR count). The molecular weight excluding hydrogens is 418 g/mol. The standard InChI is InChI=1S/C20H17ClF2N4O3/c1-27-9-13(16-14(22)7-12(29-2)8-15(16)23)17(19(27)28)24-20-26-25-18(30-20)10-3-5-11(21)6-4-10/h3-8,13,17H,9H2,1-2H3,(H,24,26). The fourth-order valence-corrected chi connectivity index (χ4v) is 3.60. The summed E-state index contributed by atoms with van der Waals surface area (Å²) in [6, 6.07) is 7.92. The average molecular weight is 435 g/mol. The summed E-state index contributed by atoms with van der Waals surface area (Å²) in [5.74, 6) is -2.47. The van der Waals surface area contributed by atoms with E-state index in [0.29, 0.717) is 10.6 Å². The smallest absolute Gasteiger partial charge is 0.316 e. The van der Waals surface area contributed by atoms with Crippen LogP contribution < -0.4 is 10.1 Å². The summed E-state index contributed by atoms with van der Waals surface area (Å²) in [5.41, 5.74) is 0.432. The summed E-state index contributed by atoms with van der Waals surface area (Å²) >= 11 is 5.88. The van der Waals surface area contributed by atoms with Crippen molar-refractivity contribution in [2.45, 2.75) is 12.0 Å². The van der Waals surface area contributed by atoms with E-state index in [1.165, 1.54) is 12.0 Å². The molecule has 1 fully saturated rings. The molecule has 2 heterocycles. The van der Waals surface area contributed by atoms with Gasteiger partial charge in [0.25, 0.3) is 0 Å². The van der Waals surface area contributed by atoms with Crippen LogP contribution >= 0.6 is 11.6 Å². The minimum absolute atomic E-state index is 0.0343. The Hall–Kier alpha value is -3.20. The predicted molar refractivity (Wildman–Crippen MR) is 105 cm³/mol. The van der Waals surface area contributed by atoms with E-state index in [1.807, 2.05) is 0 Å². The molecule has 0 spiro atoms. The molecule has 0 bridgehead atoms. The van der Waals surface area contributed by atoms with Crippen molar-refractivity contribution in [3.8, 4) is 17.2 Å². The van der Waals surface area contributed by atoms with Crippen LogP contribution in [0.25, 0.3) is 11.5 Å². The zero-order valence-electron chi connectivity index (χ0n) is 16.0. The highest BCUT2D eigenvalue weighted by atomic mass is 35.5. The van der Waals surface area contributed by atoms with Gasteiger partial charge in [0.05, 0.1) is 7.11 Å². The van der Waals surface area contributed by atoms with Crippen LogP contribution in [0.15, 0.2) is 40.8 Å². The van der Waals surface area contributed by atoms with Gasteiger partial charge >= 0.3 is 6.01 Å². The van der Waals surface area contributed by atoms with Crippen molar-refractivity contribution in [2.24, 2.45) is 0 Å². The molecule has 2 aromatic carbocycles. The first-order valence-electron chi connectivity index (χ1n) is 9.01. The van der Waals surface area contributed by atoms with Crippen LogP contribution in [0.2, 0.25) is 5.02 Å². The first-order chi connectivity index (χ1) is 14.4. The topological polar surface area (TPSA) is 80.5 Å².